The van der Waals surface area contributed by atoms with E-state index in [0.29, 0.717) is 21.2 Å². The van der Waals surface area contributed by atoms with Crippen LogP contribution < -0.4 is 5.73 Å². The number of benzene rings is 1. The first kappa shape index (κ1) is 10.3. The number of halogens is 2. The fourth-order valence-electron chi connectivity index (χ4n) is 1.44. The van der Waals surface area contributed by atoms with E-state index in [2.05, 4.69) is 0 Å². The second kappa shape index (κ2) is 3.76. The maximum absolute atomic E-state index is 10.8. The summed E-state index contributed by atoms with van der Waals surface area (Å²) in [6, 6.07) is 3.29. The zero-order valence-corrected chi connectivity index (χ0v) is 9.10. The van der Waals surface area contributed by atoms with Gasteiger partial charge >= 0.3 is 0 Å². The smallest absolute Gasteiger partial charge is 0.221 e. The molecule has 0 aliphatic rings. The summed E-state index contributed by atoms with van der Waals surface area (Å²) in [5.41, 5.74) is 6.33. The standard InChI is InChI=1S/C10H7Cl2NO2/c11-6-2-7-5(1-9(13)14)4-15-10(7)8(12)3-6/h2-4H,1H2,(H2,13,14). The van der Waals surface area contributed by atoms with E-state index in [1.165, 1.54) is 6.26 Å². The number of carbonyl (C=O) groups excluding carboxylic acids is 1. The van der Waals surface area contributed by atoms with Crippen LogP contribution in [0.5, 0.6) is 0 Å². The van der Waals surface area contributed by atoms with Crippen LogP contribution in [0.2, 0.25) is 10.0 Å². The number of rotatable bonds is 2. The van der Waals surface area contributed by atoms with E-state index in [9.17, 15) is 4.79 Å². The molecule has 78 valence electrons. The van der Waals surface area contributed by atoms with E-state index in [1.807, 2.05) is 0 Å². The highest BCUT2D eigenvalue weighted by Crippen LogP contribution is 2.31. The number of hydrogen-bond acceptors (Lipinski definition) is 2. The van der Waals surface area contributed by atoms with Gasteiger partial charge in [-0.25, -0.2) is 0 Å². The Kier molecular flexibility index (Phi) is 2.59. The van der Waals surface area contributed by atoms with Gasteiger partial charge in [0.15, 0.2) is 5.58 Å². The molecule has 0 saturated heterocycles. The molecule has 2 rings (SSSR count). The van der Waals surface area contributed by atoms with Gasteiger partial charge in [-0.05, 0) is 12.1 Å². The van der Waals surface area contributed by atoms with Crippen molar-refractivity contribution in [2.75, 3.05) is 0 Å². The first-order valence-corrected chi connectivity index (χ1v) is 4.97. The van der Waals surface area contributed by atoms with Crippen LogP contribution in [0, 0.1) is 0 Å². The molecule has 0 bridgehead atoms. The molecular formula is C10H7Cl2NO2. The second-order valence-corrected chi connectivity index (χ2v) is 4.01. The third-order valence-corrected chi connectivity index (χ3v) is 2.54. The molecule has 0 aliphatic heterocycles. The Balaban J connectivity index is 2.63. The van der Waals surface area contributed by atoms with Crippen molar-refractivity contribution in [3.05, 3.63) is 34.0 Å². The molecule has 0 atom stereocenters. The van der Waals surface area contributed by atoms with Crippen LogP contribution in [-0.4, -0.2) is 5.91 Å². The molecule has 15 heavy (non-hydrogen) atoms. The lowest BCUT2D eigenvalue weighted by molar-refractivity contribution is -0.117. The molecule has 1 heterocycles. The minimum Gasteiger partial charge on any atom is -0.462 e. The van der Waals surface area contributed by atoms with Crippen molar-refractivity contribution in [1.29, 1.82) is 0 Å². The largest absolute Gasteiger partial charge is 0.462 e. The van der Waals surface area contributed by atoms with E-state index >= 15 is 0 Å². The van der Waals surface area contributed by atoms with E-state index in [1.54, 1.807) is 12.1 Å². The molecule has 0 spiro atoms. The Hall–Kier alpha value is -1.19. The second-order valence-electron chi connectivity index (χ2n) is 3.17. The van der Waals surface area contributed by atoms with Crippen molar-refractivity contribution in [2.24, 2.45) is 5.73 Å². The lowest BCUT2D eigenvalue weighted by atomic mass is 10.1. The molecule has 5 heteroatoms. The van der Waals surface area contributed by atoms with Crippen LogP contribution >= 0.6 is 23.2 Å². The highest BCUT2D eigenvalue weighted by Gasteiger charge is 2.11. The van der Waals surface area contributed by atoms with Crippen molar-refractivity contribution in [2.45, 2.75) is 6.42 Å². The van der Waals surface area contributed by atoms with Crippen LogP contribution in [0.1, 0.15) is 5.56 Å². The molecule has 0 unspecified atom stereocenters. The van der Waals surface area contributed by atoms with Gasteiger partial charge in [-0.1, -0.05) is 23.2 Å². The minimum atomic E-state index is -0.422. The van der Waals surface area contributed by atoms with E-state index in [4.69, 9.17) is 33.4 Å². The molecule has 3 nitrogen and oxygen atoms in total. The third-order valence-electron chi connectivity index (χ3n) is 2.04. The number of nitrogens with two attached hydrogens (primary N) is 1. The average molecular weight is 244 g/mol. The van der Waals surface area contributed by atoms with Gasteiger partial charge in [0.2, 0.25) is 5.91 Å². The summed E-state index contributed by atoms with van der Waals surface area (Å²) in [7, 11) is 0. The number of primary amides is 1. The number of amides is 1. The Morgan fingerprint density at radius 1 is 1.40 bits per heavy atom. The van der Waals surface area contributed by atoms with Crippen molar-refractivity contribution in [1.82, 2.24) is 0 Å². The summed E-state index contributed by atoms with van der Waals surface area (Å²) in [5, 5.41) is 1.65. The average Bonchev–Trinajstić information content (AvgIpc) is 2.48. The van der Waals surface area contributed by atoms with Gasteiger partial charge in [-0.2, -0.15) is 0 Å². The zero-order chi connectivity index (χ0) is 11.0. The van der Waals surface area contributed by atoms with Crippen LogP contribution in [-0.2, 0) is 11.2 Å². The van der Waals surface area contributed by atoms with Gasteiger partial charge < -0.3 is 10.2 Å². The first-order chi connectivity index (χ1) is 7.08. The number of hydrogen-bond donors (Lipinski definition) is 1. The summed E-state index contributed by atoms with van der Waals surface area (Å²) in [6.07, 6.45) is 1.58. The monoisotopic (exact) mass is 243 g/mol. The summed E-state index contributed by atoms with van der Waals surface area (Å²) < 4.78 is 5.24. The maximum atomic E-state index is 10.8. The number of fused-ring (bicyclic) bond motifs is 1. The molecule has 1 aromatic heterocycles. The van der Waals surface area contributed by atoms with Crippen molar-refractivity contribution >= 4 is 40.1 Å². The van der Waals surface area contributed by atoms with E-state index in [-0.39, 0.29) is 6.42 Å². The molecule has 1 amide bonds. The van der Waals surface area contributed by atoms with Gasteiger partial charge in [0, 0.05) is 16.0 Å². The van der Waals surface area contributed by atoms with E-state index in [0.717, 1.165) is 5.39 Å². The van der Waals surface area contributed by atoms with Crippen LogP contribution in [0.4, 0.5) is 0 Å². The van der Waals surface area contributed by atoms with Crippen LogP contribution in [0.3, 0.4) is 0 Å². The SMILES string of the molecule is NC(=O)Cc1coc2c(Cl)cc(Cl)cc12. The maximum Gasteiger partial charge on any atom is 0.221 e. The number of carbonyl (C=O) groups is 1. The summed E-state index contributed by atoms with van der Waals surface area (Å²) in [5.74, 6) is -0.422. The summed E-state index contributed by atoms with van der Waals surface area (Å²) >= 11 is 11.8. The van der Waals surface area contributed by atoms with Crippen LogP contribution in [0.15, 0.2) is 22.8 Å². The van der Waals surface area contributed by atoms with Gasteiger partial charge in [-0.3, -0.25) is 4.79 Å². The molecule has 0 radical (unpaired) electrons. The third kappa shape index (κ3) is 1.94. The topological polar surface area (TPSA) is 56.2 Å². The molecule has 0 fully saturated rings. The Morgan fingerprint density at radius 2 is 2.13 bits per heavy atom. The van der Waals surface area contributed by atoms with E-state index < -0.39 is 5.91 Å². The highest BCUT2D eigenvalue weighted by atomic mass is 35.5. The Bertz CT molecular complexity index is 533. The minimum absolute atomic E-state index is 0.115. The molecule has 1 aromatic carbocycles. The Labute approximate surface area is 95.7 Å². The molecule has 0 saturated carbocycles. The van der Waals surface area contributed by atoms with Gasteiger partial charge in [0.05, 0.1) is 17.7 Å². The van der Waals surface area contributed by atoms with Crippen LogP contribution in [0.25, 0.3) is 11.0 Å². The molecule has 2 N–H and O–H groups in total. The van der Waals surface area contributed by atoms with Crippen molar-refractivity contribution in [3.8, 4) is 0 Å². The lowest BCUT2D eigenvalue weighted by Gasteiger charge is -1.96. The fourth-order valence-corrected chi connectivity index (χ4v) is 1.97. The number of furan rings is 1. The summed E-state index contributed by atoms with van der Waals surface area (Å²) in [6.45, 7) is 0. The van der Waals surface area contributed by atoms with Gasteiger partial charge in [0.25, 0.3) is 0 Å². The van der Waals surface area contributed by atoms with Crippen molar-refractivity contribution < 1.29 is 9.21 Å². The predicted octanol–water partition coefficient (Wildman–Crippen LogP) is 2.77. The predicted molar refractivity (Wildman–Crippen MR) is 59.1 cm³/mol. The zero-order valence-electron chi connectivity index (χ0n) is 7.59. The van der Waals surface area contributed by atoms with Gasteiger partial charge in [-0.15, -0.1) is 0 Å². The fraction of sp³-hybridized carbons (Fsp3) is 0.100. The highest BCUT2D eigenvalue weighted by molar-refractivity contribution is 6.38. The molecular weight excluding hydrogens is 237 g/mol. The summed E-state index contributed by atoms with van der Waals surface area (Å²) in [4.78, 5) is 10.8. The normalized spacial score (nSPS) is 10.8. The molecule has 2 aromatic rings. The lowest BCUT2D eigenvalue weighted by Crippen LogP contribution is -2.13. The van der Waals surface area contributed by atoms with Gasteiger partial charge in [0.1, 0.15) is 0 Å². The van der Waals surface area contributed by atoms with Crippen molar-refractivity contribution in [3.63, 3.8) is 0 Å². The quantitative estimate of drug-likeness (QED) is 0.882. The Morgan fingerprint density at radius 3 is 2.80 bits per heavy atom. The molecule has 0 aliphatic carbocycles. The first-order valence-electron chi connectivity index (χ1n) is 4.21.